The third-order valence-corrected chi connectivity index (χ3v) is 2.33. The zero-order valence-electron chi connectivity index (χ0n) is 6.20. The van der Waals surface area contributed by atoms with Crippen molar-refractivity contribution in [3.8, 4) is 0 Å². The van der Waals surface area contributed by atoms with E-state index in [9.17, 15) is 0 Å². The summed E-state index contributed by atoms with van der Waals surface area (Å²) in [5.41, 5.74) is 0.595. The first kappa shape index (κ1) is 6.12. The average Bonchev–Trinajstić information content (AvgIpc) is 1.16. The molecule has 0 bridgehead atoms. The van der Waals surface area contributed by atoms with Gasteiger partial charge in [0, 0.05) is 0 Å². The van der Waals surface area contributed by atoms with Crippen LogP contribution >= 0.6 is 0 Å². The maximum absolute atomic E-state index is 2.34. The highest BCUT2D eigenvalue weighted by Crippen LogP contribution is 2.40. The van der Waals surface area contributed by atoms with E-state index in [1.165, 1.54) is 19.3 Å². The molecule has 0 nitrogen and oxygen atoms in total. The lowest BCUT2D eigenvalue weighted by Gasteiger charge is -2.37. The molecular formula is C8H16. The third-order valence-electron chi connectivity index (χ3n) is 2.33. The van der Waals surface area contributed by atoms with Gasteiger partial charge in [-0.3, -0.25) is 0 Å². The van der Waals surface area contributed by atoms with Gasteiger partial charge in [0.05, 0.1) is 0 Å². The minimum absolute atomic E-state index is 0.595. The summed E-state index contributed by atoms with van der Waals surface area (Å²) >= 11 is 0. The Balaban J connectivity index is 2.34. The summed E-state index contributed by atoms with van der Waals surface area (Å²) in [6.07, 6.45) is 4.43. The van der Waals surface area contributed by atoms with Crippen LogP contribution in [-0.4, -0.2) is 0 Å². The number of hydrogen-bond acceptors (Lipinski definition) is 0. The average molecular weight is 112 g/mol. The van der Waals surface area contributed by atoms with Gasteiger partial charge >= 0.3 is 0 Å². The summed E-state index contributed by atoms with van der Waals surface area (Å²) < 4.78 is 0. The number of rotatable bonds is 0. The second-order valence-corrected chi connectivity index (χ2v) is 3.99. The minimum Gasteiger partial charge on any atom is -0.0599 e. The molecule has 1 aliphatic carbocycles. The summed E-state index contributed by atoms with van der Waals surface area (Å²) in [5.74, 6) is 1.03. The molecule has 48 valence electrons. The van der Waals surface area contributed by atoms with Gasteiger partial charge < -0.3 is 0 Å². The zero-order valence-corrected chi connectivity index (χ0v) is 6.20. The Morgan fingerprint density at radius 2 is 1.62 bits per heavy atom. The largest absolute Gasteiger partial charge is 0.0599 e. The Morgan fingerprint density at radius 1 is 1.12 bits per heavy atom. The van der Waals surface area contributed by atoms with Crippen molar-refractivity contribution in [2.75, 3.05) is 0 Å². The topological polar surface area (TPSA) is 0 Å². The molecule has 0 unspecified atom stereocenters. The van der Waals surface area contributed by atoms with Gasteiger partial charge in [0.2, 0.25) is 0 Å². The van der Waals surface area contributed by atoms with Crippen molar-refractivity contribution in [3.63, 3.8) is 0 Å². The molecule has 0 heteroatoms. The van der Waals surface area contributed by atoms with Gasteiger partial charge in [0.25, 0.3) is 0 Å². The van der Waals surface area contributed by atoms with Gasteiger partial charge in [-0.1, -0.05) is 27.2 Å². The lowest BCUT2D eigenvalue weighted by atomic mass is 9.69. The Kier molecular flexibility index (Phi) is 1.34. The van der Waals surface area contributed by atoms with Crippen LogP contribution in [0, 0.1) is 11.3 Å². The van der Waals surface area contributed by atoms with Crippen molar-refractivity contribution >= 4 is 0 Å². The third kappa shape index (κ3) is 1.04. The van der Waals surface area contributed by atoms with Crippen LogP contribution in [0.15, 0.2) is 0 Å². The molecule has 0 N–H and O–H groups in total. The highest BCUT2D eigenvalue weighted by atomic mass is 14.3. The van der Waals surface area contributed by atoms with E-state index in [0.29, 0.717) is 5.41 Å². The second-order valence-electron chi connectivity index (χ2n) is 3.99. The fourth-order valence-electron chi connectivity index (χ4n) is 1.27. The molecule has 0 amide bonds. The normalized spacial score (nSPS) is 22.9. The van der Waals surface area contributed by atoms with Crippen molar-refractivity contribution in [2.24, 2.45) is 11.3 Å². The summed E-state index contributed by atoms with van der Waals surface area (Å²) in [5, 5.41) is 0. The smallest absolute Gasteiger partial charge is 0.0354 e. The molecular weight excluding hydrogens is 96.1 g/mol. The van der Waals surface area contributed by atoms with Crippen LogP contribution in [0.3, 0.4) is 0 Å². The van der Waals surface area contributed by atoms with Crippen molar-refractivity contribution in [1.82, 2.24) is 0 Å². The second kappa shape index (κ2) is 1.75. The molecule has 0 aliphatic heterocycles. The van der Waals surface area contributed by atoms with Crippen LogP contribution in [0.25, 0.3) is 0 Å². The molecule has 1 saturated carbocycles. The van der Waals surface area contributed by atoms with Gasteiger partial charge in [-0.2, -0.15) is 0 Å². The summed E-state index contributed by atoms with van der Waals surface area (Å²) in [6, 6.07) is 0. The SMILES string of the molecule is CC(C)(C)C1CCC1. The molecule has 8 heavy (non-hydrogen) atoms. The molecule has 0 spiro atoms. The molecule has 0 aromatic carbocycles. The molecule has 0 radical (unpaired) electrons. The van der Waals surface area contributed by atoms with Crippen molar-refractivity contribution in [1.29, 1.82) is 0 Å². The monoisotopic (exact) mass is 112 g/mol. The van der Waals surface area contributed by atoms with Gasteiger partial charge in [0.1, 0.15) is 0 Å². The summed E-state index contributed by atoms with van der Waals surface area (Å²) in [6.45, 7) is 7.03. The molecule has 0 heterocycles. The van der Waals surface area contributed by atoms with E-state index in [1.807, 2.05) is 0 Å². The first-order chi connectivity index (χ1) is 3.61. The van der Waals surface area contributed by atoms with E-state index in [2.05, 4.69) is 20.8 Å². The standard InChI is InChI=1S/C8H16/c1-8(2,3)7-5-4-6-7/h7H,4-6H2,1-3H3. The van der Waals surface area contributed by atoms with Crippen LogP contribution in [0.1, 0.15) is 40.0 Å². The fourth-order valence-corrected chi connectivity index (χ4v) is 1.27. The first-order valence-electron chi connectivity index (χ1n) is 3.61. The zero-order chi connectivity index (χ0) is 6.20. The van der Waals surface area contributed by atoms with Crippen molar-refractivity contribution in [2.45, 2.75) is 40.0 Å². The van der Waals surface area contributed by atoms with Crippen LogP contribution in [0.2, 0.25) is 0 Å². The predicted molar refractivity (Wildman–Crippen MR) is 36.8 cm³/mol. The molecule has 0 aromatic heterocycles. The molecule has 1 fully saturated rings. The Bertz CT molecular complexity index is 72.5. The van der Waals surface area contributed by atoms with Gasteiger partial charge in [-0.15, -0.1) is 0 Å². The quantitative estimate of drug-likeness (QED) is 0.452. The van der Waals surface area contributed by atoms with Crippen LogP contribution in [-0.2, 0) is 0 Å². The van der Waals surface area contributed by atoms with Gasteiger partial charge in [-0.25, -0.2) is 0 Å². The van der Waals surface area contributed by atoms with E-state index in [1.54, 1.807) is 0 Å². The summed E-state index contributed by atoms with van der Waals surface area (Å²) in [4.78, 5) is 0. The van der Waals surface area contributed by atoms with E-state index in [-0.39, 0.29) is 0 Å². The highest BCUT2D eigenvalue weighted by molar-refractivity contribution is 4.80. The first-order valence-corrected chi connectivity index (χ1v) is 3.61. The van der Waals surface area contributed by atoms with E-state index in [0.717, 1.165) is 5.92 Å². The molecule has 0 aromatic rings. The molecule has 1 aliphatic rings. The van der Waals surface area contributed by atoms with Crippen molar-refractivity contribution < 1.29 is 0 Å². The van der Waals surface area contributed by atoms with Gasteiger partial charge in [0.15, 0.2) is 0 Å². The lowest BCUT2D eigenvalue weighted by molar-refractivity contribution is 0.141. The predicted octanol–water partition coefficient (Wildman–Crippen LogP) is 2.83. The lowest BCUT2D eigenvalue weighted by Crippen LogP contribution is -2.26. The van der Waals surface area contributed by atoms with Gasteiger partial charge in [-0.05, 0) is 24.2 Å². The summed E-state index contributed by atoms with van der Waals surface area (Å²) in [7, 11) is 0. The van der Waals surface area contributed by atoms with E-state index >= 15 is 0 Å². The fraction of sp³-hybridized carbons (Fsp3) is 1.00. The molecule has 1 rings (SSSR count). The van der Waals surface area contributed by atoms with Crippen LogP contribution in [0.4, 0.5) is 0 Å². The van der Waals surface area contributed by atoms with Crippen LogP contribution in [0.5, 0.6) is 0 Å². The van der Waals surface area contributed by atoms with E-state index < -0.39 is 0 Å². The molecule has 0 saturated heterocycles. The number of hydrogen-bond donors (Lipinski definition) is 0. The maximum Gasteiger partial charge on any atom is -0.0354 e. The Hall–Kier alpha value is 0. The van der Waals surface area contributed by atoms with E-state index in [4.69, 9.17) is 0 Å². The Morgan fingerprint density at radius 3 is 1.62 bits per heavy atom. The van der Waals surface area contributed by atoms with Crippen molar-refractivity contribution in [3.05, 3.63) is 0 Å². The Labute approximate surface area is 52.3 Å². The maximum atomic E-state index is 2.34. The van der Waals surface area contributed by atoms with Crippen LogP contribution < -0.4 is 0 Å². The minimum atomic E-state index is 0.595. The highest BCUT2D eigenvalue weighted by Gasteiger charge is 2.29. The molecule has 0 atom stereocenters.